The Hall–Kier alpha value is -1.79. The summed E-state index contributed by atoms with van der Waals surface area (Å²) < 4.78 is 0.616. The average Bonchev–Trinajstić information content (AvgIpc) is 2.48. The molecule has 0 bridgehead atoms. The number of carbonyl (C=O) groups excluding carboxylic acids is 1. The summed E-state index contributed by atoms with van der Waals surface area (Å²) in [5.41, 5.74) is 0.748. The van der Waals surface area contributed by atoms with E-state index in [1.54, 1.807) is 18.2 Å². The molecule has 0 saturated heterocycles. The minimum atomic E-state index is -0.538. The van der Waals surface area contributed by atoms with Crippen molar-refractivity contribution in [2.75, 3.05) is 5.32 Å². The molecule has 0 heterocycles. The van der Waals surface area contributed by atoms with Crippen LogP contribution in [0.25, 0.3) is 0 Å². The number of hydrogen-bond donors (Lipinski definition) is 1. The third-order valence-electron chi connectivity index (χ3n) is 3.04. The van der Waals surface area contributed by atoms with Crippen LogP contribution < -0.4 is 9.78 Å². The number of anilines is 1. The van der Waals surface area contributed by atoms with Gasteiger partial charge in [-0.2, -0.15) is 0 Å². The predicted octanol–water partition coefficient (Wildman–Crippen LogP) is 3.38. The van der Waals surface area contributed by atoms with Crippen LogP contribution in [0.3, 0.4) is 0 Å². The molecule has 0 aliphatic heterocycles. The number of halogens is 1. The Morgan fingerprint density at radius 1 is 1.18 bits per heavy atom. The predicted molar refractivity (Wildman–Crippen MR) is 90.7 cm³/mol. The van der Waals surface area contributed by atoms with E-state index in [-0.39, 0.29) is 20.9 Å². The van der Waals surface area contributed by atoms with Gasteiger partial charge >= 0.3 is 141 Å². The summed E-state index contributed by atoms with van der Waals surface area (Å²) in [5, 5.41) is 12.3. The zero-order valence-electron chi connectivity index (χ0n) is 12.3. The number of nitrogens with zero attached hydrogens (tertiary/aromatic N) is 1. The van der Waals surface area contributed by atoms with Gasteiger partial charge in [0.15, 0.2) is 0 Å². The van der Waals surface area contributed by atoms with Crippen LogP contribution in [0.4, 0.5) is 5.69 Å². The summed E-state index contributed by atoms with van der Waals surface area (Å²) in [7, 11) is 0. The van der Waals surface area contributed by atoms with E-state index in [1.165, 1.54) is 0 Å². The molecule has 3 nitrogen and oxygen atoms in total. The molecule has 0 atom stereocenters. The van der Waals surface area contributed by atoms with Crippen molar-refractivity contribution in [2.45, 2.75) is 18.2 Å². The van der Waals surface area contributed by atoms with E-state index >= 15 is 0 Å². The minimum absolute atomic E-state index is 0.0241. The van der Waals surface area contributed by atoms with Crippen molar-refractivity contribution in [1.82, 2.24) is 0 Å². The average molecular weight is 378 g/mol. The fourth-order valence-electron chi connectivity index (χ4n) is 1.84. The van der Waals surface area contributed by atoms with Gasteiger partial charge in [0, 0.05) is 0 Å². The molecule has 1 N–H and O–H groups in total. The van der Waals surface area contributed by atoms with Crippen molar-refractivity contribution in [3.05, 3.63) is 59.1 Å². The quantitative estimate of drug-likeness (QED) is 0.830. The molecule has 0 spiro atoms. The molecule has 2 aromatic carbocycles. The standard InChI is InChI=1S/C17H15ClN2OSe/c1-17(2,22-12-7-4-3-5-8-12)16(21)20-15-10-6-9-14(18)13(15)11-19/h3-10H,1-2H3,(H,20,21). The molecule has 0 unspecified atom stereocenters. The Labute approximate surface area is 141 Å². The number of nitriles is 1. The van der Waals surface area contributed by atoms with Crippen molar-refractivity contribution in [3.63, 3.8) is 0 Å². The summed E-state index contributed by atoms with van der Waals surface area (Å²) in [5.74, 6) is -0.116. The van der Waals surface area contributed by atoms with Gasteiger partial charge in [-0.1, -0.05) is 0 Å². The van der Waals surface area contributed by atoms with E-state index in [1.807, 2.05) is 50.2 Å². The SMILES string of the molecule is CC(C)([Se]c1ccccc1)C(=O)Nc1cccc(Cl)c1C#N. The van der Waals surface area contributed by atoms with Gasteiger partial charge in [0.1, 0.15) is 0 Å². The van der Waals surface area contributed by atoms with Crippen LogP contribution in [0.1, 0.15) is 19.4 Å². The van der Waals surface area contributed by atoms with Crippen LogP contribution in [-0.2, 0) is 4.79 Å². The molecule has 2 rings (SSSR count). The van der Waals surface area contributed by atoms with Crippen molar-refractivity contribution < 1.29 is 4.79 Å². The number of nitrogens with one attached hydrogen (secondary N) is 1. The summed E-state index contributed by atoms with van der Waals surface area (Å²) in [6.07, 6.45) is 0. The molecule has 0 aliphatic carbocycles. The Kier molecular flexibility index (Phi) is 5.26. The molecule has 112 valence electrons. The molecule has 0 aliphatic rings. The number of rotatable bonds is 4. The Bertz CT molecular complexity index is 723. The summed E-state index contributed by atoms with van der Waals surface area (Å²) in [6.45, 7) is 3.82. The van der Waals surface area contributed by atoms with Crippen LogP contribution in [0.15, 0.2) is 48.5 Å². The van der Waals surface area contributed by atoms with Gasteiger partial charge in [0.25, 0.3) is 0 Å². The first-order valence-electron chi connectivity index (χ1n) is 6.68. The van der Waals surface area contributed by atoms with E-state index in [4.69, 9.17) is 16.9 Å². The molecule has 22 heavy (non-hydrogen) atoms. The number of hydrogen-bond acceptors (Lipinski definition) is 2. The van der Waals surface area contributed by atoms with Crippen molar-refractivity contribution in [1.29, 1.82) is 5.26 Å². The van der Waals surface area contributed by atoms with Gasteiger partial charge in [-0.25, -0.2) is 0 Å². The molecule has 2 aromatic rings. The fourth-order valence-corrected chi connectivity index (χ4v) is 4.21. The third-order valence-corrected chi connectivity index (χ3v) is 5.88. The van der Waals surface area contributed by atoms with E-state index in [2.05, 4.69) is 5.32 Å². The third kappa shape index (κ3) is 3.90. The monoisotopic (exact) mass is 378 g/mol. The zero-order chi connectivity index (χ0) is 16.2. The van der Waals surface area contributed by atoms with Gasteiger partial charge in [0.2, 0.25) is 0 Å². The van der Waals surface area contributed by atoms with E-state index in [0.29, 0.717) is 16.3 Å². The van der Waals surface area contributed by atoms with Gasteiger partial charge in [-0.3, -0.25) is 0 Å². The molecule has 1 amide bonds. The van der Waals surface area contributed by atoms with Gasteiger partial charge in [-0.05, 0) is 0 Å². The first-order chi connectivity index (χ1) is 10.4. The first-order valence-corrected chi connectivity index (χ1v) is 8.77. The molecule has 0 radical (unpaired) electrons. The number of amides is 1. The Balaban J connectivity index is 2.18. The molecule has 0 fully saturated rings. The van der Waals surface area contributed by atoms with Crippen LogP contribution in [-0.4, -0.2) is 20.9 Å². The van der Waals surface area contributed by atoms with Gasteiger partial charge in [0.05, 0.1) is 0 Å². The second-order valence-corrected chi connectivity index (χ2v) is 9.12. The molecule has 0 aromatic heterocycles. The van der Waals surface area contributed by atoms with Gasteiger partial charge in [-0.15, -0.1) is 0 Å². The summed E-state index contributed by atoms with van der Waals surface area (Å²) in [4.78, 5) is 12.6. The maximum atomic E-state index is 12.6. The van der Waals surface area contributed by atoms with Crippen LogP contribution in [0.5, 0.6) is 0 Å². The molecule has 5 heteroatoms. The molecular weight excluding hydrogens is 363 g/mol. The Morgan fingerprint density at radius 2 is 1.86 bits per heavy atom. The second kappa shape index (κ2) is 6.98. The molecule has 0 saturated carbocycles. The van der Waals surface area contributed by atoms with Crippen molar-refractivity contribution >= 4 is 42.6 Å². The van der Waals surface area contributed by atoms with Crippen LogP contribution in [0.2, 0.25) is 9.34 Å². The summed E-state index contributed by atoms with van der Waals surface area (Å²) >= 11 is 5.96. The van der Waals surface area contributed by atoms with Crippen molar-refractivity contribution in [3.8, 4) is 6.07 Å². The first kappa shape index (κ1) is 16.6. The fraction of sp³-hybridized carbons (Fsp3) is 0.176. The van der Waals surface area contributed by atoms with E-state index in [0.717, 1.165) is 4.46 Å². The number of carbonyl (C=O) groups is 1. The van der Waals surface area contributed by atoms with E-state index in [9.17, 15) is 4.79 Å². The molecular formula is C17H15ClN2OSe. The Morgan fingerprint density at radius 3 is 2.50 bits per heavy atom. The second-order valence-electron chi connectivity index (χ2n) is 5.15. The maximum absolute atomic E-state index is 12.6. The van der Waals surface area contributed by atoms with Crippen molar-refractivity contribution in [2.24, 2.45) is 0 Å². The summed E-state index contributed by atoms with van der Waals surface area (Å²) in [6, 6.07) is 17.0. The topological polar surface area (TPSA) is 52.9 Å². The zero-order valence-corrected chi connectivity index (χ0v) is 14.7. The normalized spacial score (nSPS) is 10.8. The number of benzene rings is 2. The van der Waals surface area contributed by atoms with E-state index < -0.39 is 4.31 Å². The van der Waals surface area contributed by atoms with Gasteiger partial charge < -0.3 is 0 Å². The van der Waals surface area contributed by atoms with Crippen LogP contribution in [0, 0.1) is 11.3 Å². The van der Waals surface area contributed by atoms with Crippen LogP contribution >= 0.6 is 11.6 Å².